The van der Waals surface area contributed by atoms with E-state index < -0.39 is 41.5 Å². The van der Waals surface area contributed by atoms with Crippen molar-refractivity contribution in [1.82, 2.24) is 14.5 Å². The van der Waals surface area contributed by atoms with Gasteiger partial charge in [-0.2, -0.15) is 26.3 Å². The molecule has 1 amide bonds. The Bertz CT molecular complexity index is 1660. The standard InChI is InChI=1S/C29H23F6N3O3/c1-16-13-37(15-17-10-19(28(30,31)32)12-20(11-17)29(33,34)35)27(40)25-23(18-6-4-3-5-7-18)21-8-9-22(41-2)36-24(21)26(39)38(25)14-16/h3-12,16H,13-15H2,1-2H3/t16-/m0/s1. The highest BCUT2D eigenvalue weighted by Gasteiger charge is 2.38. The van der Waals surface area contributed by atoms with E-state index in [-0.39, 0.29) is 47.7 Å². The van der Waals surface area contributed by atoms with Crippen LogP contribution in [0.1, 0.15) is 34.1 Å². The maximum Gasteiger partial charge on any atom is 0.416 e. The number of carbonyl (C=O) groups is 1. The number of amides is 1. The molecule has 0 unspecified atom stereocenters. The van der Waals surface area contributed by atoms with Crippen LogP contribution in [-0.2, 0) is 25.4 Å². The van der Waals surface area contributed by atoms with Crippen molar-refractivity contribution in [1.29, 1.82) is 0 Å². The number of aromatic nitrogens is 2. The van der Waals surface area contributed by atoms with E-state index in [1.165, 1.54) is 22.6 Å². The van der Waals surface area contributed by atoms with Crippen LogP contribution in [0.3, 0.4) is 0 Å². The van der Waals surface area contributed by atoms with Gasteiger partial charge in [-0.3, -0.25) is 9.59 Å². The van der Waals surface area contributed by atoms with Gasteiger partial charge >= 0.3 is 12.4 Å². The predicted molar refractivity (Wildman–Crippen MR) is 138 cm³/mol. The van der Waals surface area contributed by atoms with Gasteiger partial charge in [0.15, 0.2) is 0 Å². The topological polar surface area (TPSA) is 64.4 Å². The van der Waals surface area contributed by atoms with Gasteiger partial charge in [0.2, 0.25) is 5.88 Å². The number of hydrogen-bond donors (Lipinski definition) is 0. The van der Waals surface area contributed by atoms with E-state index in [2.05, 4.69) is 4.98 Å². The fraction of sp³-hybridized carbons (Fsp3) is 0.276. The van der Waals surface area contributed by atoms with E-state index in [0.717, 1.165) is 0 Å². The maximum absolute atomic E-state index is 14.1. The lowest BCUT2D eigenvalue weighted by Crippen LogP contribution is -2.34. The van der Waals surface area contributed by atoms with Crippen LogP contribution in [0.5, 0.6) is 5.88 Å². The summed E-state index contributed by atoms with van der Waals surface area (Å²) in [4.78, 5) is 33.3. The third kappa shape index (κ3) is 5.38. The molecule has 214 valence electrons. The van der Waals surface area contributed by atoms with Crippen molar-refractivity contribution in [2.75, 3.05) is 13.7 Å². The van der Waals surface area contributed by atoms with Crippen LogP contribution in [0.2, 0.25) is 0 Å². The smallest absolute Gasteiger partial charge is 0.416 e. The van der Waals surface area contributed by atoms with Gasteiger partial charge in [0.25, 0.3) is 11.5 Å². The van der Waals surface area contributed by atoms with Crippen molar-refractivity contribution in [3.63, 3.8) is 0 Å². The Hall–Kier alpha value is -4.35. The van der Waals surface area contributed by atoms with E-state index in [1.54, 1.807) is 43.3 Å². The average molecular weight is 576 g/mol. The van der Waals surface area contributed by atoms with E-state index in [0.29, 0.717) is 28.6 Å². The summed E-state index contributed by atoms with van der Waals surface area (Å²) in [5.74, 6) is -0.889. The highest BCUT2D eigenvalue weighted by molar-refractivity contribution is 6.07. The average Bonchev–Trinajstić information content (AvgIpc) is 3.04. The van der Waals surface area contributed by atoms with Crippen molar-refractivity contribution >= 4 is 16.8 Å². The molecule has 0 fully saturated rings. The molecule has 2 aromatic carbocycles. The molecular weight excluding hydrogens is 552 g/mol. The molecule has 1 atom stereocenters. The molecule has 0 saturated heterocycles. The lowest BCUT2D eigenvalue weighted by Gasteiger charge is -2.25. The Kier molecular flexibility index (Phi) is 7.04. The van der Waals surface area contributed by atoms with Gasteiger partial charge < -0.3 is 14.2 Å². The van der Waals surface area contributed by atoms with Crippen LogP contribution >= 0.6 is 0 Å². The molecule has 5 rings (SSSR count). The van der Waals surface area contributed by atoms with E-state index in [1.807, 2.05) is 0 Å². The molecule has 1 aliphatic rings. The van der Waals surface area contributed by atoms with Crippen LogP contribution in [0.25, 0.3) is 22.0 Å². The number of carbonyl (C=O) groups excluding carboxylic acids is 1. The molecule has 0 aliphatic carbocycles. The summed E-state index contributed by atoms with van der Waals surface area (Å²) in [7, 11) is 1.40. The molecule has 6 nitrogen and oxygen atoms in total. The third-order valence-corrected chi connectivity index (χ3v) is 6.90. The van der Waals surface area contributed by atoms with E-state index >= 15 is 0 Å². The van der Waals surface area contributed by atoms with Gasteiger partial charge in [0.1, 0.15) is 11.2 Å². The first-order valence-corrected chi connectivity index (χ1v) is 12.5. The minimum Gasteiger partial charge on any atom is -0.481 e. The van der Waals surface area contributed by atoms with Crippen LogP contribution in [0.4, 0.5) is 26.3 Å². The number of pyridine rings is 2. The van der Waals surface area contributed by atoms with Crippen molar-refractivity contribution in [2.24, 2.45) is 5.92 Å². The van der Waals surface area contributed by atoms with E-state index in [4.69, 9.17) is 4.74 Å². The zero-order valence-corrected chi connectivity index (χ0v) is 21.8. The second-order valence-corrected chi connectivity index (χ2v) is 9.96. The second-order valence-electron chi connectivity index (χ2n) is 9.96. The first kappa shape index (κ1) is 28.2. The number of methoxy groups -OCH3 is 1. The molecule has 0 radical (unpaired) electrons. The Balaban J connectivity index is 1.72. The molecule has 41 heavy (non-hydrogen) atoms. The van der Waals surface area contributed by atoms with Gasteiger partial charge in [0, 0.05) is 36.7 Å². The highest BCUT2D eigenvalue weighted by Crippen LogP contribution is 2.38. The van der Waals surface area contributed by atoms with Gasteiger partial charge in [-0.15, -0.1) is 0 Å². The third-order valence-electron chi connectivity index (χ3n) is 6.90. The zero-order valence-electron chi connectivity index (χ0n) is 21.8. The molecule has 0 N–H and O–H groups in total. The number of alkyl halides is 6. The fourth-order valence-electron chi connectivity index (χ4n) is 5.15. The molecule has 3 heterocycles. The second kappa shape index (κ2) is 10.2. The fourth-order valence-corrected chi connectivity index (χ4v) is 5.15. The van der Waals surface area contributed by atoms with E-state index in [9.17, 15) is 35.9 Å². The number of hydrogen-bond acceptors (Lipinski definition) is 4. The summed E-state index contributed by atoms with van der Waals surface area (Å²) in [6, 6.07) is 13.1. The SMILES string of the molecule is COc1ccc2c(-c3ccccc3)c3n(c(=O)c2n1)C[C@@H](C)CN(Cc1cc(C(F)(F)F)cc(C(F)(F)F)c1)C3=O. The summed E-state index contributed by atoms with van der Waals surface area (Å²) in [5, 5.41) is 0.356. The minimum absolute atomic E-state index is 0.0150. The summed E-state index contributed by atoms with van der Waals surface area (Å²) < 4.78 is 87.5. The number of halogens is 6. The van der Waals surface area contributed by atoms with Gasteiger partial charge in [-0.05, 0) is 41.3 Å². The van der Waals surface area contributed by atoms with Gasteiger partial charge in [-0.1, -0.05) is 37.3 Å². The van der Waals surface area contributed by atoms with Crippen LogP contribution in [-0.4, -0.2) is 34.0 Å². The monoisotopic (exact) mass is 575 g/mol. The highest BCUT2D eigenvalue weighted by atomic mass is 19.4. The van der Waals surface area contributed by atoms with Gasteiger partial charge in [0.05, 0.1) is 18.2 Å². The molecule has 1 aliphatic heterocycles. The van der Waals surface area contributed by atoms with Gasteiger partial charge in [-0.25, -0.2) is 4.98 Å². The van der Waals surface area contributed by atoms with Crippen LogP contribution < -0.4 is 10.3 Å². The molecule has 2 aromatic heterocycles. The Morgan fingerprint density at radius 1 is 0.902 bits per heavy atom. The first-order chi connectivity index (χ1) is 19.3. The summed E-state index contributed by atoms with van der Waals surface area (Å²) in [6.45, 7) is 1.26. The van der Waals surface area contributed by atoms with Crippen LogP contribution in [0, 0.1) is 5.92 Å². The quantitative estimate of drug-likeness (QED) is 0.264. The Morgan fingerprint density at radius 2 is 1.54 bits per heavy atom. The molecule has 0 spiro atoms. The largest absolute Gasteiger partial charge is 0.481 e. The number of ether oxygens (including phenoxy) is 1. The molecule has 0 bridgehead atoms. The number of nitrogens with zero attached hydrogens (tertiary/aromatic N) is 3. The summed E-state index contributed by atoms with van der Waals surface area (Å²) in [6.07, 6.45) is -10.1. The maximum atomic E-state index is 14.1. The van der Waals surface area contributed by atoms with Crippen molar-refractivity contribution in [3.05, 3.63) is 93.4 Å². The summed E-state index contributed by atoms with van der Waals surface area (Å²) >= 11 is 0. The lowest BCUT2D eigenvalue weighted by atomic mass is 9.97. The number of benzene rings is 2. The predicted octanol–water partition coefficient (Wildman–Crippen LogP) is 6.40. The lowest BCUT2D eigenvalue weighted by molar-refractivity contribution is -0.143. The van der Waals surface area contributed by atoms with Crippen LogP contribution in [0.15, 0.2) is 65.5 Å². The molecule has 0 saturated carbocycles. The first-order valence-electron chi connectivity index (χ1n) is 12.5. The summed E-state index contributed by atoms with van der Waals surface area (Å²) in [5.41, 5.74) is -2.84. The number of fused-ring (bicyclic) bond motifs is 2. The number of rotatable bonds is 4. The van der Waals surface area contributed by atoms with Crippen molar-refractivity contribution in [3.8, 4) is 17.0 Å². The minimum atomic E-state index is -5.03. The van der Waals surface area contributed by atoms with Crippen molar-refractivity contribution in [2.45, 2.75) is 32.4 Å². The molecule has 12 heteroatoms. The molecular formula is C29H23F6N3O3. The normalized spacial score (nSPS) is 16.0. The Labute approximate surface area is 229 Å². The van der Waals surface area contributed by atoms with Crippen molar-refractivity contribution < 1.29 is 35.9 Å². The zero-order chi connectivity index (χ0) is 29.7. The molecule has 4 aromatic rings. The Morgan fingerprint density at radius 3 is 2.12 bits per heavy atom.